The van der Waals surface area contributed by atoms with Crippen LogP contribution in [0.25, 0.3) is 0 Å². The molecule has 0 spiro atoms. The second kappa shape index (κ2) is 6.24. The molecule has 2 rings (SSSR count). The van der Waals surface area contributed by atoms with Gasteiger partial charge in [0, 0.05) is 6.04 Å². The second-order valence-electron chi connectivity index (χ2n) is 5.63. The Kier molecular flexibility index (Phi) is 4.65. The highest BCUT2D eigenvalue weighted by molar-refractivity contribution is 5.30. The van der Waals surface area contributed by atoms with E-state index in [-0.39, 0.29) is 0 Å². The van der Waals surface area contributed by atoms with Gasteiger partial charge in [0.25, 0.3) is 0 Å². The van der Waals surface area contributed by atoms with Gasteiger partial charge < -0.3 is 10.1 Å². The molecule has 0 aromatic heterocycles. The van der Waals surface area contributed by atoms with E-state index in [1.807, 2.05) is 0 Å². The zero-order valence-corrected chi connectivity index (χ0v) is 11.8. The summed E-state index contributed by atoms with van der Waals surface area (Å²) >= 11 is 0. The van der Waals surface area contributed by atoms with Crippen molar-refractivity contribution in [1.82, 2.24) is 5.32 Å². The first-order valence-corrected chi connectivity index (χ1v) is 7.08. The molecule has 2 atom stereocenters. The molecule has 1 aliphatic carbocycles. The van der Waals surface area contributed by atoms with Crippen molar-refractivity contribution in [3.8, 4) is 5.75 Å². The Bertz CT molecular complexity index is 358. The fraction of sp³-hybridized carbons (Fsp3) is 0.625. The predicted octanol–water partition coefficient (Wildman–Crippen LogP) is 3.58. The van der Waals surface area contributed by atoms with Gasteiger partial charge in [-0.15, -0.1) is 0 Å². The van der Waals surface area contributed by atoms with Gasteiger partial charge in [-0.1, -0.05) is 32.4 Å². The van der Waals surface area contributed by atoms with Gasteiger partial charge in [-0.2, -0.15) is 0 Å². The summed E-state index contributed by atoms with van der Waals surface area (Å²) in [5, 5.41) is 3.59. The normalized spacial score (nSPS) is 23.6. The summed E-state index contributed by atoms with van der Waals surface area (Å²) in [6.45, 7) is 5.59. The Balaban J connectivity index is 2.01. The third-order valence-corrected chi connectivity index (χ3v) is 3.99. The van der Waals surface area contributed by atoms with Crippen molar-refractivity contribution in [2.24, 2.45) is 5.92 Å². The minimum atomic E-state index is 0.585. The molecule has 0 heterocycles. The van der Waals surface area contributed by atoms with E-state index in [4.69, 9.17) is 4.74 Å². The van der Waals surface area contributed by atoms with Crippen LogP contribution in [0.2, 0.25) is 0 Å². The molecule has 0 bridgehead atoms. The average Bonchev–Trinajstić information content (AvgIpc) is 2.85. The molecule has 1 fully saturated rings. The highest BCUT2D eigenvalue weighted by Gasteiger charge is 2.28. The summed E-state index contributed by atoms with van der Waals surface area (Å²) in [6, 6.07) is 9.22. The molecule has 1 aromatic rings. The second-order valence-corrected chi connectivity index (χ2v) is 5.63. The number of methoxy groups -OCH3 is 1. The Labute approximate surface area is 111 Å². The zero-order valence-electron chi connectivity index (χ0n) is 11.8. The van der Waals surface area contributed by atoms with Gasteiger partial charge in [0.05, 0.1) is 7.11 Å². The Hall–Kier alpha value is -1.02. The van der Waals surface area contributed by atoms with Crippen LogP contribution in [0.3, 0.4) is 0 Å². The Morgan fingerprint density at radius 2 is 1.94 bits per heavy atom. The molecule has 18 heavy (non-hydrogen) atoms. The molecule has 2 nitrogen and oxygen atoms in total. The molecule has 1 N–H and O–H groups in total. The number of rotatable bonds is 5. The maximum absolute atomic E-state index is 5.23. The van der Waals surface area contributed by atoms with Crippen molar-refractivity contribution in [3.05, 3.63) is 29.8 Å². The van der Waals surface area contributed by atoms with Crippen LogP contribution in [0.4, 0.5) is 0 Å². The fourth-order valence-corrected chi connectivity index (χ4v) is 2.96. The van der Waals surface area contributed by atoms with E-state index in [1.54, 1.807) is 7.11 Å². The van der Waals surface area contributed by atoms with Gasteiger partial charge in [-0.3, -0.25) is 0 Å². The van der Waals surface area contributed by atoms with E-state index in [0.29, 0.717) is 6.04 Å². The third kappa shape index (κ3) is 3.26. The molecule has 0 radical (unpaired) electrons. The highest BCUT2D eigenvalue weighted by atomic mass is 16.5. The molecular formula is C16H25NO. The van der Waals surface area contributed by atoms with Crippen LogP contribution >= 0.6 is 0 Å². The van der Waals surface area contributed by atoms with Gasteiger partial charge in [-0.05, 0) is 48.9 Å². The monoisotopic (exact) mass is 247 g/mol. The molecule has 100 valence electrons. The molecule has 0 saturated heterocycles. The van der Waals surface area contributed by atoms with Crippen molar-refractivity contribution in [2.75, 3.05) is 13.7 Å². The predicted molar refractivity (Wildman–Crippen MR) is 76.2 cm³/mol. The first-order chi connectivity index (χ1) is 8.70. The highest BCUT2D eigenvalue weighted by Crippen LogP contribution is 2.39. The van der Waals surface area contributed by atoms with Crippen LogP contribution in [0.5, 0.6) is 5.75 Å². The molecule has 0 aliphatic heterocycles. The van der Waals surface area contributed by atoms with Crippen LogP contribution in [-0.2, 0) is 0 Å². The number of hydrogen-bond acceptors (Lipinski definition) is 2. The maximum atomic E-state index is 5.23. The molecule has 1 aromatic carbocycles. The van der Waals surface area contributed by atoms with Crippen LogP contribution in [0.1, 0.15) is 44.6 Å². The van der Waals surface area contributed by atoms with E-state index >= 15 is 0 Å². The lowest BCUT2D eigenvalue weighted by Crippen LogP contribution is -2.30. The summed E-state index contributed by atoms with van der Waals surface area (Å²) in [5.74, 6) is 2.47. The van der Waals surface area contributed by atoms with Crippen molar-refractivity contribution < 1.29 is 4.74 Å². The smallest absolute Gasteiger partial charge is 0.118 e. The number of nitrogens with one attached hydrogen (secondary N) is 1. The molecule has 2 unspecified atom stereocenters. The standard InChI is InChI=1S/C16H25NO/c1-12(2)17-11-14-5-4-6-16(14)13-7-9-15(18-3)10-8-13/h7-10,12,14,16-17H,4-6,11H2,1-3H3. The minimum absolute atomic E-state index is 0.585. The van der Waals surface area contributed by atoms with Gasteiger partial charge >= 0.3 is 0 Å². The van der Waals surface area contributed by atoms with E-state index in [2.05, 4.69) is 43.4 Å². The largest absolute Gasteiger partial charge is 0.497 e. The third-order valence-electron chi connectivity index (χ3n) is 3.99. The topological polar surface area (TPSA) is 21.3 Å². The lowest BCUT2D eigenvalue weighted by molar-refractivity contribution is 0.411. The van der Waals surface area contributed by atoms with Gasteiger partial charge in [0.2, 0.25) is 0 Å². The van der Waals surface area contributed by atoms with Crippen LogP contribution in [-0.4, -0.2) is 19.7 Å². The molecule has 1 aliphatic rings. The lowest BCUT2D eigenvalue weighted by Gasteiger charge is -2.22. The Morgan fingerprint density at radius 1 is 1.22 bits per heavy atom. The molecular weight excluding hydrogens is 222 g/mol. The van der Waals surface area contributed by atoms with Gasteiger partial charge in [-0.25, -0.2) is 0 Å². The molecule has 2 heteroatoms. The average molecular weight is 247 g/mol. The van der Waals surface area contributed by atoms with Crippen LogP contribution < -0.4 is 10.1 Å². The summed E-state index contributed by atoms with van der Waals surface area (Å²) in [4.78, 5) is 0. The minimum Gasteiger partial charge on any atom is -0.497 e. The fourth-order valence-electron chi connectivity index (χ4n) is 2.96. The van der Waals surface area contributed by atoms with Crippen molar-refractivity contribution in [1.29, 1.82) is 0 Å². The van der Waals surface area contributed by atoms with E-state index < -0.39 is 0 Å². The van der Waals surface area contributed by atoms with Crippen LogP contribution in [0, 0.1) is 5.92 Å². The number of ether oxygens (including phenoxy) is 1. The first kappa shape index (κ1) is 13.4. The lowest BCUT2D eigenvalue weighted by atomic mass is 9.88. The van der Waals surface area contributed by atoms with Crippen LogP contribution in [0.15, 0.2) is 24.3 Å². The van der Waals surface area contributed by atoms with Gasteiger partial charge in [0.1, 0.15) is 5.75 Å². The first-order valence-electron chi connectivity index (χ1n) is 7.08. The van der Waals surface area contributed by atoms with E-state index in [9.17, 15) is 0 Å². The quantitative estimate of drug-likeness (QED) is 0.858. The molecule has 0 amide bonds. The van der Waals surface area contributed by atoms with E-state index in [0.717, 1.165) is 24.1 Å². The van der Waals surface area contributed by atoms with Gasteiger partial charge in [0.15, 0.2) is 0 Å². The van der Waals surface area contributed by atoms with Crippen molar-refractivity contribution in [2.45, 2.75) is 45.1 Å². The summed E-state index contributed by atoms with van der Waals surface area (Å²) in [6.07, 6.45) is 4.05. The summed E-state index contributed by atoms with van der Waals surface area (Å²) in [5.41, 5.74) is 1.48. The zero-order chi connectivity index (χ0) is 13.0. The molecule has 1 saturated carbocycles. The van der Waals surface area contributed by atoms with Crippen molar-refractivity contribution >= 4 is 0 Å². The summed E-state index contributed by atoms with van der Waals surface area (Å²) in [7, 11) is 1.72. The number of hydrogen-bond donors (Lipinski definition) is 1. The number of benzene rings is 1. The maximum Gasteiger partial charge on any atom is 0.118 e. The van der Waals surface area contributed by atoms with E-state index in [1.165, 1.54) is 24.8 Å². The van der Waals surface area contributed by atoms with Crippen molar-refractivity contribution in [3.63, 3.8) is 0 Å². The Morgan fingerprint density at radius 3 is 2.56 bits per heavy atom. The summed E-state index contributed by atoms with van der Waals surface area (Å²) < 4.78 is 5.23. The SMILES string of the molecule is COc1ccc(C2CCCC2CNC(C)C)cc1.